The predicted octanol–water partition coefficient (Wildman–Crippen LogP) is 4.67. The minimum Gasteiger partial charge on any atom is -0.377 e. The Balaban J connectivity index is 1.92. The molecule has 2 aromatic heterocycles. The molecular formula is C16H17N3OS. The SMILES string of the molecule is CCC(Nc1ccccc1-c1nc(C)no1)c1cccs1. The summed E-state index contributed by atoms with van der Waals surface area (Å²) >= 11 is 1.77. The lowest BCUT2D eigenvalue weighted by Gasteiger charge is -2.18. The number of aryl methyl sites for hydroxylation is 1. The van der Waals surface area contributed by atoms with Gasteiger partial charge in [0.05, 0.1) is 11.6 Å². The second-order valence-electron chi connectivity index (χ2n) is 4.81. The first-order valence-corrected chi connectivity index (χ1v) is 7.85. The Hall–Kier alpha value is -2.14. The number of anilines is 1. The summed E-state index contributed by atoms with van der Waals surface area (Å²) in [6, 6.07) is 12.6. The lowest BCUT2D eigenvalue weighted by Crippen LogP contribution is -2.08. The molecule has 1 aromatic carbocycles. The van der Waals surface area contributed by atoms with Crippen LogP contribution in [0.4, 0.5) is 5.69 Å². The first-order chi connectivity index (χ1) is 10.3. The molecule has 1 N–H and O–H groups in total. The molecule has 0 radical (unpaired) electrons. The Morgan fingerprint density at radius 1 is 1.24 bits per heavy atom. The van der Waals surface area contributed by atoms with Crippen LogP contribution in [0.25, 0.3) is 11.5 Å². The fourth-order valence-electron chi connectivity index (χ4n) is 2.25. The molecule has 3 aromatic rings. The highest BCUT2D eigenvalue weighted by atomic mass is 32.1. The van der Waals surface area contributed by atoms with E-state index in [9.17, 15) is 0 Å². The summed E-state index contributed by atoms with van der Waals surface area (Å²) in [4.78, 5) is 5.65. The number of hydrogen-bond acceptors (Lipinski definition) is 5. The Bertz CT molecular complexity index is 706. The predicted molar refractivity (Wildman–Crippen MR) is 85.4 cm³/mol. The number of rotatable bonds is 5. The number of thiophene rings is 1. The van der Waals surface area contributed by atoms with Crippen LogP contribution in [-0.2, 0) is 0 Å². The van der Waals surface area contributed by atoms with E-state index < -0.39 is 0 Å². The molecule has 0 saturated heterocycles. The van der Waals surface area contributed by atoms with E-state index in [1.165, 1.54) is 4.88 Å². The van der Waals surface area contributed by atoms with E-state index in [1.54, 1.807) is 11.3 Å². The average Bonchev–Trinajstić information content (AvgIpc) is 3.16. The Labute approximate surface area is 127 Å². The van der Waals surface area contributed by atoms with E-state index in [0.717, 1.165) is 17.7 Å². The number of hydrogen-bond donors (Lipinski definition) is 1. The molecule has 0 fully saturated rings. The molecule has 0 amide bonds. The third kappa shape index (κ3) is 2.97. The van der Waals surface area contributed by atoms with Gasteiger partial charge in [-0.1, -0.05) is 30.3 Å². The summed E-state index contributed by atoms with van der Waals surface area (Å²) in [7, 11) is 0. The van der Waals surface area contributed by atoms with Gasteiger partial charge in [-0.25, -0.2) is 0 Å². The highest BCUT2D eigenvalue weighted by Crippen LogP contribution is 2.32. The Morgan fingerprint density at radius 3 is 2.76 bits per heavy atom. The summed E-state index contributed by atoms with van der Waals surface area (Å²) in [6.45, 7) is 4.00. The van der Waals surface area contributed by atoms with E-state index in [4.69, 9.17) is 4.52 Å². The molecule has 0 saturated carbocycles. The summed E-state index contributed by atoms with van der Waals surface area (Å²) < 4.78 is 5.30. The van der Waals surface area contributed by atoms with Crippen LogP contribution < -0.4 is 5.32 Å². The van der Waals surface area contributed by atoms with Crippen molar-refractivity contribution >= 4 is 17.0 Å². The van der Waals surface area contributed by atoms with Crippen LogP contribution in [0.2, 0.25) is 0 Å². The van der Waals surface area contributed by atoms with Crippen LogP contribution in [0.15, 0.2) is 46.3 Å². The van der Waals surface area contributed by atoms with Gasteiger partial charge in [0.15, 0.2) is 5.82 Å². The first-order valence-electron chi connectivity index (χ1n) is 6.97. The number of benzene rings is 1. The van der Waals surface area contributed by atoms with Crippen molar-refractivity contribution in [2.24, 2.45) is 0 Å². The van der Waals surface area contributed by atoms with Crippen LogP contribution in [0.5, 0.6) is 0 Å². The maximum atomic E-state index is 5.30. The molecule has 108 valence electrons. The van der Waals surface area contributed by atoms with Crippen molar-refractivity contribution in [3.05, 3.63) is 52.5 Å². The van der Waals surface area contributed by atoms with Crippen molar-refractivity contribution in [2.45, 2.75) is 26.3 Å². The van der Waals surface area contributed by atoms with E-state index in [-0.39, 0.29) is 6.04 Å². The average molecular weight is 299 g/mol. The number of aromatic nitrogens is 2. The van der Waals surface area contributed by atoms with E-state index in [2.05, 4.69) is 39.9 Å². The highest BCUT2D eigenvalue weighted by Gasteiger charge is 2.15. The monoisotopic (exact) mass is 299 g/mol. The second kappa shape index (κ2) is 6.10. The Kier molecular flexibility index (Phi) is 4.01. The topological polar surface area (TPSA) is 51.0 Å². The van der Waals surface area contributed by atoms with Crippen molar-refractivity contribution in [3.63, 3.8) is 0 Å². The molecular weight excluding hydrogens is 282 g/mol. The molecule has 4 nitrogen and oxygen atoms in total. The lowest BCUT2D eigenvalue weighted by molar-refractivity contribution is 0.425. The van der Waals surface area contributed by atoms with Crippen molar-refractivity contribution in [1.29, 1.82) is 0 Å². The largest absolute Gasteiger partial charge is 0.377 e. The van der Waals surface area contributed by atoms with Gasteiger partial charge in [-0.3, -0.25) is 0 Å². The number of para-hydroxylation sites is 1. The number of nitrogens with zero attached hydrogens (tertiary/aromatic N) is 2. The van der Waals surface area contributed by atoms with Gasteiger partial charge in [0.25, 0.3) is 5.89 Å². The van der Waals surface area contributed by atoms with Crippen molar-refractivity contribution in [1.82, 2.24) is 10.1 Å². The molecule has 0 aliphatic rings. The second-order valence-corrected chi connectivity index (χ2v) is 5.79. The van der Waals surface area contributed by atoms with E-state index in [0.29, 0.717) is 11.7 Å². The molecule has 1 atom stereocenters. The van der Waals surface area contributed by atoms with E-state index in [1.807, 2.05) is 31.2 Å². The normalized spacial score (nSPS) is 12.3. The van der Waals surface area contributed by atoms with Crippen molar-refractivity contribution in [3.8, 4) is 11.5 Å². The van der Waals surface area contributed by atoms with Crippen LogP contribution in [0.1, 0.15) is 30.1 Å². The van der Waals surface area contributed by atoms with Crippen LogP contribution in [-0.4, -0.2) is 10.1 Å². The zero-order valence-electron chi connectivity index (χ0n) is 12.0. The molecule has 3 rings (SSSR count). The Morgan fingerprint density at radius 2 is 2.10 bits per heavy atom. The molecule has 0 spiro atoms. The first kappa shape index (κ1) is 13.8. The minimum absolute atomic E-state index is 0.287. The summed E-state index contributed by atoms with van der Waals surface area (Å²) in [5, 5.41) is 9.57. The van der Waals surface area contributed by atoms with Crippen molar-refractivity contribution in [2.75, 3.05) is 5.32 Å². The zero-order chi connectivity index (χ0) is 14.7. The van der Waals surface area contributed by atoms with Gasteiger partial charge in [0.2, 0.25) is 0 Å². The smallest absolute Gasteiger partial charge is 0.260 e. The summed E-state index contributed by atoms with van der Waals surface area (Å²) in [5.74, 6) is 1.20. The summed E-state index contributed by atoms with van der Waals surface area (Å²) in [5.41, 5.74) is 1.95. The number of nitrogens with one attached hydrogen (secondary N) is 1. The van der Waals surface area contributed by atoms with Crippen LogP contribution >= 0.6 is 11.3 Å². The van der Waals surface area contributed by atoms with Gasteiger partial charge < -0.3 is 9.84 Å². The highest BCUT2D eigenvalue weighted by molar-refractivity contribution is 7.10. The standard InChI is InChI=1S/C16H17N3OS/c1-3-13(15-9-6-10-21-15)18-14-8-5-4-7-12(14)16-17-11(2)19-20-16/h4-10,13,18H,3H2,1-2H3. The van der Waals surface area contributed by atoms with Crippen LogP contribution in [0, 0.1) is 6.92 Å². The van der Waals surface area contributed by atoms with Gasteiger partial charge in [0, 0.05) is 10.6 Å². The zero-order valence-corrected chi connectivity index (χ0v) is 12.9. The molecule has 2 heterocycles. The molecule has 1 unspecified atom stereocenters. The van der Waals surface area contributed by atoms with Gasteiger partial charge >= 0.3 is 0 Å². The maximum absolute atomic E-state index is 5.30. The van der Waals surface area contributed by atoms with E-state index >= 15 is 0 Å². The maximum Gasteiger partial charge on any atom is 0.260 e. The lowest BCUT2D eigenvalue weighted by atomic mass is 10.1. The third-order valence-electron chi connectivity index (χ3n) is 3.31. The van der Waals surface area contributed by atoms with Crippen LogP contribution in [0.3, 0.4) is 0 Å². The van der Waals surface area contributed by atoms with Crippen molar-refractivity contribution < 1.29 is 4.52 Å². The minimum atomic E-state index is 0.287. The summed E-state index contributed by atoms with van der Waals surface area (Å²) in [6.07, 6.45) is 1.01. The molecule has 21 heavy (non-hydrogen) atoms. The molecule has 0 aliphatic carbocycles. The van der Waals surface area contributed by atoms with Gasteiger partial charge in [0.1, 0.15) is 0 Å². The van der Waals surface area contributed by atoms with Gasteiger partial charge in [-0.05, 0) is 36.9 Å². The third-order valence-corrected chi connectivity index (χ3v) is 4.30. The quantitative estimate of drug-likeness (QED) is 0.744. The fraction of sp³-hybridized carbons (Fsp3) is 0.250. The molecule has 0 bridgehead atoms. The van der Waals surface area contributed by atoms with Gasteiger partial charge in [-0.15, -0.1) is 11.3 Å². The molecule has 0 aliphatic heterocycles. The molecule has 5 heteroatoms. The fourth-order valence-corrected chi connectivity index (χ4v) is 3.11. The van der Waals surface area contributed by atoms with Gasteiger partial charge in [-0.2, -0.15) is 4.98 Å².